The summed E-state index contributed by atoms with van der Waals surface area (Å²) in [7, 11) is 0. The number of amides is 1. The first kappa shape index (κ1) is 15.6. The third-order valence-corrected chi connectivity index (χ3v) is 4.30. The standard InChI is InChI=1S/C19H22N2O2/c22-18-11-5-4-10-16(18)19(23)20-17(14-21-12-6-7-13-21)15-8-2-1-3-9-15/h1-5,8-11,17,22H,6-7,12-14H2,(H,20,23). The molecule has 0 saturated carbocycles. The highest BCUT2D eigenvalue weighted by Gasteiger charge is 2.22. The van der Waals surface area contributed by atoms with Crippen LogP contribution in [0.4, 0.5) is 0 Å². The lowest BCUT2D eigenvalue weighted by molar-refractivity contribution is 0.0924. The second-order valence-electron chi connectivity index (χ2n) is 5.96. The van der Waals surface area contributed by atoms with Crippen molar-refractivity contribution in [2.24, 2.45) is 0 Å². The zero-order valence-corrected chi connectivity index (χ0v) is 13.1. The Morgan fingerprint density at radius 1 is 1.04 bits per heavy atom. The molecule has 0 spiro atoms. The number of nitrogens with one attached hydrogen (secondary N) is 1. The number of carbonyl (C=O) groups is 1. The van der Waals surface area contributed by atoms with Crippen LogP contribution in [-0.4, -0.2) is 35.5 Å². The first-order valence-electron chi connectivity index (χ1n) is 8.10. The highest BCUT2D eigenvalue weighted by Crippen LogP contribution is 2.20. The van der Waals surface area contributed by atoms with Crippen LogP contribution in [0.3, 0.4) is 0 Å². The fraction of sp³-hybridized carbons (Fsp3) is 0.316. The van der Waals surface area contributed by atoms with Crippen LogP contribution in [0.5, 0.6) is 5.75 Å². The average Bonchev–Trinajstić information content (AvgIpc) is 3.08. The fourth-order valence-corrected chi connectivity index (χ4v) is 3.04. The molecule has 3 rings (SSSR count). The minimum absolute atomic E-state index is 0.0120. The second-order valence-corrected chi connectivity index (χ2v) is 5.96. The van der Waals surface area contributed by atoms with Crippen molar-refractivity contribution in [2.75, 3.05) is 19.6 Å². The quantitative estimate of drug-likeness (QED) is 0.893. The monoisotopic (exact) mass is 310 g/mol. The van der Waals surface area contributed by atoms with Gasteiger partial charge < -0.3 is 15.3 Å². The molecule has 4 nitrogen and oxygen atoms in total. The van der Waals surface area contributed by atoms with Gasteiger partial charge in [0.2, 0.25) is 0 Å². The molecule has 0 aromatic heterocycles. The number of para-hydroxylation sites is 1. The van der Waals surface area contributed by atoms with Gasteiger partial charge in [-0.1, -0.05) is 42.5 Å². The predicted octanol–water partition coefficient (Wildman–Crippen LogP) is 2.96. The number of benzene rings is 2. The van der Waals surface area contributed by atoms with E-state index in [1.165, 1.54) is 18.9 Å². The van der Waals surface area contributed by atoms with E-state index in [0.717, 1.165) is 25.2 Å². The van der Waals surface area contributed by atoms with E-state index in [0.29, 0.717) is 5.56 Å². The summed E-state index contributed by atoms with van der Waals surface area (Å²) in [6.07, 6.45) is 2.43. The summed E-state index contributed by atoms with van der Waals surface area (Å²) in [5.41, 5.74) is 1.40. The maximum absolute atomic E-state index is 12.5. The Morgan fingerprint density at radius 3 is 2.39 bits per heavy atom. The Kier molecular flexibility index (Phi) is 4.93. The molecule has 0 aliphatic carbocycles. The minimum Gasteiger partial charge on any atom is -0.507 e. The Hall–Kier alpha value is -2.33. The van der Waals surface area contributed by atoms with Crippen LogP contribution in [0.1, 0.15) is 34.8 Å². The molecule has 2 aromatic rings. The highest BCUT2D eigenvalue weighted by molar-refractivity contribution is 5.97. The summed E-state index contributed by atoms with van der Waals surface area (Å²) in [6, 6.07) is 16.6. The lowest BCUT2D eigenvalue weighted by atomic mass is 10.1. The molecule has 1 aliphatic rings. The van der Waals surface area contributed by atoms with Gasteiger partial charge in [0.25, 0.3) is 5.91 Å². The third-order valence-electron chi connectivity index (χ3n) is 4.30. The molecule has 1 fully saturated rings. The van der Waals surface area contributed by atoms with Crippen molar-refractivity contribution in [3.8, 4) is 5.75 Å². The van der Waals surface area contributed by atoms with Gasteiger partial charge in [-0.05, 0) is 43.6 Å². The van der Waals surface area contributed by atoms with E-state index in [1.807, 2.05) is 30.3 Å². The molecule has 0 bridgehead atoms. The third kappa shape index (κ3) is 3.90. The summed E-state index contributed by atoms with van der Waals surface area (Å²) in [5.74, 6) is -0.228. The van der Waals surface area contributed by atoms with Crippen molar-refractivity contribution in [1.82, 2.24) is 10.2 Å². The maximum atomic E-state index is 12.5. The van der Waals surface area contributed by atoms with Crippen molar-refractivity contribution >= 4 is 5.91 Å². The molecule has 1 saturated heterocycles. The summed E-state index contributed by atoms with van der Waals surface area (Å²) in [5, 5.41) is 13.0. The first-order chi connectivity index (χ1) is 11.2. The van der Waals surface area contributed by atoms with E-state index in [9.17, 15) is 9.90 Å². The van der Waals surface area contributed by atoms with E-state index in [-0.39, 0.29) is 17.7 Å². The van der Waals surface area contributed by atoms with E-state index < -0.39 is 0 Å². The molecule has 4 heteroatoms. The van der Waals surface area contributed by atoms with E-state index in [2.05, 4.69) is 10.2 Å². The van der Waals surface area contributed by atoms with Crippen LogP contribution in [-0.2, 0) is 0 Å². The molecule has 1 heterocycles. The van der Waals surface area contributed by atoms with Gasteiger partial charge in [-0.2, -0.15) is 0 Å². The Balaban J connectivity index is 1.78. The lowest BCUT2D eigenvalue weighted by Gasteiger charge is -2.25. The number of aromatic hydroxyl groups is 1. The van der Waals surface area contributed by atoms with Gasteiger partial charge in [-0.3, -0.25) is 4.79 Å². The Morgan fingerprint density at radius 2 is 1.70 bits per heavy atom. The van der Waals surface area contributed by atoms with Crippen molar-refractivity contribution in [1.29, 1.82) is 0 Å². The van der Waals surface area contributed by atoms with Crippen molar-refractivity contribution in [2.45, 2.75) is 18.9 Å². The molecule has 1 unspecified atom stereocenters. The molecule has 2 aromatic carbocycles. The van der Waals surface area contributed by atoms with Crippen molar-refractivity contribution < 1.29 is 9.90 Å². The summed E-state index contributed by atoms with van der Waals surface area (Å²) >= 11 is 0. The number of nitrogens with zero attached hydrogens (tertiary/aromatic N) is 1. The van der Waals surface area contributed by atoms with Gasteiger partial charge in [-0.15, -0.1) is 0 Å². The molecule has 1 atom stereocenters. The number of hydrogen-bond acceptors (Lipinski definition) is 3. The first-order valence-corrected chi connectivity index (χ1v) is 8.10. The maximum Gasteiger partial charge on any atom is 0.255 e. The number of rotatable bonds is 5. The molecule has 1 aliphatic heterocycles. The van der Waals surface area contributed by atoms with E-state index in [1.54, 1.807) is 18.2 Å². The molecular formula is C19H22N2O2. The number of phenolic OH excluding ortho intramolecular Hbond substituents is 1. The van der Waals surface area contributed by atoms with Gasteiger partial charge in [0, 0.05) is 6.54 Å². The summed E-state index contributed by atoms with van der Waals surface area (Å²) in [6.45, 7) is 2.95. The van der Waals surface area contributed by atoms with Crippen LogP contribution in [0.2, 0.25) is 0 Å². The zero-order chi connectivity index (χ0) is 16.1. The van der Waals surface area contributed by atoms with E-state index >= 15 is 0 Å². The van der Waals surface area contributed by atoms with Gasteiger partial charge in [0.15, 0.2) is 0 Å². The van der Waals surface area contributed by atoms with Gasteiger partial charge in [-0.25, -0.2) is 0 Å². The minimum atomic E-state index is -0.240. The summed E-state index contributed by atoms with van der Waals surface area (Å²) < 4.78 is 0. The lowest BCUT2D eigenvalue weighted by Crippen LogP contribution is -2.37. The van der Waals surface area contributed by atoms with Crippen molar-refractivity contribution in [3.05, 3.63) is 65.7 Å². The highest BCUT2D eigenvalue weighted by atomic mass is 16.3. The Bertz CT molecular complexity index is 651. The predicted molar refractivity (Wildman–Crippen MR) is 90.4 cm³/mol. The molecule has 23 heavy (non-hydrogen) atoms. The molecule has 120 valence electrons. The van der Waals surface area contributed by atoms with E-state index in [4.69, 9.17) is 0 Å². The number of carbonyl (C=O) groups excluding carboxylic acids is 1. The SMILES string of the molecule is O=C(NC(CN1CCCC1)c1ccccc1)c1ccccc1O. The normalized spacial score (nSPS) is 16.2. The number of likely N-dealkylation sites (tertiary alicyclic amines) is 1. The topological polar surface area (TPSA) is 52.6 Å². The van der Waals surface area contributed by atoms with Crippen LogP contribution in [0.25, 0.3) is 0 Å². The van der Waals surface area contributed by atoms with Crippen LogP contribution in [0.15, 0.2) is 54.6 Å². The van der Waals surface area contributed by atoms with Crippen LogP contribution < -0.4 is 5.32 Å². The van der Waals surface area contributed by atoms with Crippen molar-refractivity contribution in [3.63, 3.8) is 0 Å². The fourth-order valence-electron chi connectivity index (χ4n) is 3.04. The number of phenols is 1. The molecule has 2 N–H and O–H groups in total. The largest absolute Gasteiger partial charge is 0.507 e. The zero-order valence-electron chi connectivity index (χ0n) is 13.1. The Labute approximate surface area is 136 Å². The smallest absolute Gasteiger partial charge is 0.255 e. The molecule has 1 amide bonds. The second kappa shape index (κ2) is 7.29. The van der Waals surface area contributed by atoms with Gasteiger partial charge in [0.05, 0.1) is 11.6 Å². The molecular weight excluding hydrogens is 288 g/mol. The number of hydrogen-bond donors (Lipinski definition) is 2. The van der Waals surface area contributed by atoms with Gasteiger partial charge >= 0.3 is 0 Å². The average molecular weight is 310 g/mol. The van der Waals surface area contributed by atoms with Crippen LogP contribution in [0, 0.1) is 0 Å². The van der Waals surface area contributed by atoms with Crippen LogP contribution >= 0.6 is 0 Å². The van der Waals surface area contributed by atoms with Gasteiger partial charge in [0.1, 0.15) is 5.75 Å². The summed E-state index contributed by atoms with van der Waals surface area (Å²) in [4.78, 5) is 14.9. The molecule has 0 radical (unpaired) electrons.